The van der Waals surface area contributed by atoms with Gasteiger partial charge in [-0.25, -0.2) is 0 Å². The number of hydrogen-bond donors (Lipinski definition) is 1. The van der Waals surface area contributed by atoms with E-state index in [1.165, 1.54) is 0 Å². The van der Waals surface area contributed by atoms with Crippen LogP contribution in [-0.4, -0.2) is 22.9 Å². The van der Waals surface area contributed by atoms with E-state index in [4.69, 9.17) is 21.5 Å². The first-order chi connectivity index (χ1) is 7.95. The molecule has 5 heteroatoms. The normalized spacial score (nSPS) is 23.9. The molecule has 1 rings (SSSR count). The van der Waals surface area contributed by atoms with Gasteiger partial charge in [0.25, 0.3) is 0 Å². The van der Waals surface area contributed by atoms with Gasteiger partial charge in [0.1, 0.15) is 6.10 Å². The van der Waals surface area contributed by atoms with Crippen LogP contribution in [0.15, 0.2) is 41.1 Å². The molecule has 0 aromatic rings. The highest BCUT2D eigenvalue weighted by molar-refractivity contribution is 6.31. The molecule has 0 spiro atoms. The van der Waals surface area contributed by atoms with Gasteiger partial charge in [-0.2, -0.15) is 0 Å². The molecule has 1 aliphatic heterocycles. The van der Waals surface area contributed by atoms with Gasteiger partial charge in [0.05, 0.1) is 18.1 Å². The second kappa shape index (κ2) is 5.68. The smallest absolute Gasteiger partial charge is 0.304 e. The summed E-state index contributed by atoms with van der Waals surface area (Å²) in [5.41, 5.74) is 1.19. The van der Waals surface area contributed by atoms with E-state index in [1.807, 2.05) is 0 Å². The summed E-state index contributed by atoms with van der Waals surface area (Å²) in [5, 5.41) is 13.1. The Morgan fingerprint density at radius 2 is 2.35 bits per heavy atom. The Morgan fingerprint density at radius 3 is 2.82 bits per heavy atom. The Labute approximate surface area is 105 Å². The van der Waals surface area contributed by atoms with Crippen LogP contribution < -0.4 is 0 Å². The van der Waals surface area contributed by atoms with Crippen molar-refractivity contribution in [2.45, 2.75) is 19.4 Å². The minimum atomic E-state index is -0.895. The van der Waals surface area contributed by atoms with E-state index in [0.717, 1.165) is 0 Å². The molecule has 0 saturated heterocycles. The first-order valence-corrected chi connectivity index (χ1v) is 5.48. The molecule has 92 valence electrons. The van der Waals surface area contributed by atoms with Crippen LogP contribution in [0.3, 0.4) is 0 Å². The Balaban J connectivity index is 2.98. The summed E-state index contributed by atoms with van der Waals surface area (Å²) in [6.07, 6.45) is 2.83. The third-order valence-corrected chi connectivity index (χ3v) is 2.57. The highest BCUT2D eigenvalue weighted by Gasteiger charge is 2.33. The first-order valence-electron chi connectivity index (χ1n) is 5.10. The Kier molecular flexibility index (Phi) is 4.52. The lowest BCUT2D eigenvalue weighted by molar-refractivity contribution is -0.138. The number of oxime groups is 1. The van der Waals surface area contributed by atoms with Gasteiger partial charge in [-0.1, -0.05) is 36.0 Å². The second-order valence-corrected chi connectivity index (χ2v) is 4.23. The molecule has 0 fully saturated rings. The van der Waals surface area contributed by atoms with Crippen molar-refractivity contribution in [2.75, 3.05) is 0 Å². The van der Waals surface area contributed by atoms with Gasteiger partial charge in [0.2, 0.25) is 0 Å². The highest BCUT2D eigenvalue weighted by Crippen LogP contribution is 2.27. The molecule has 2 unspecified atom stereocenters. The van der Waals surface area contributed by atoms with Gasteiger partial charge >= 0.3 is 5.97 Å². The first kappa shape index (κ1) is 13.5. The van der Waals surface area contributed by atoms with Crippen molar-refractivity contribution in [2.24, 2.45) is 11.1 Å². The van der Waals surface area contributed by atoms with Crippen LogP contribution in [0.5, 0.6) is 0 Å². The summed E-state index contributed by atoms with van der Waals surface area (Å²) in [4.78, 5) is 15.9. The van der Waals surface area contributed by atoms with E-state index in [9.17, 15) is 4.79 Å². The molecule has 1 aliphatic rings. The van der Waals surface area contributed by atoms with Crippen molar-refractivity contribution >= 4 is 23.3 Å². The fourth-order valence-corrected chi connectivity index (χ4v) is 1.74. The zero-order chi connectivity index (χ0) is 13.0. The minimum absolute atomic E-state index is 0.0417. The van der Waals surface area contributed by atoms with Crippen molar-refractivity contribution in [3.63, 3.8) is 0 Å². The molecule has 0 aromatic heterocycles. The van der Waals surface area contributed by atoms with Crippen molar-refractivity contribution < 1.29 is 14.7 Å². The average molecular weight is 256 g/mol. The van der Waals surface area contributed by atoms with E-state index >= 15 is 0 Å². The number of halogens is 1. The van der Waals surface area contributed by atoms with Crippen molar-refractivity contribution in [3.05, 3.63) is 35.9 Å². The van der Waals surface area contributed by atoms with Crippen LogP contribution in [0.4, 0.5) is 0 Å². The lowest BCUT2D eigenvalue weighted by atomic mass is 9.90. The van der Waals surface area contributed by atoms with Gasteiger partial charge in [-0.3, -0.25) is 4.79 Å². The summed E-state index contributed by atoms with van der Waals surface area (Å²) in [5.74, 6) is -1.19. The summed E-state index contributed by atoms with van der Waals surface area (Å²) >= 11 is 5.69. The maximum absolute atomic E-state index is 10.8. The van der Waals surface area contributed by atoms with Gasteiger partial charge < -0.3 is 9.94 Å². The summed E-state index contributed by atoms with van der Waals surface area (Å²) in [7, 11) is 0. The summed E-state index contributed by atoms with van der Waals surface area (Å²) in [6.45, 7) is 8.97. The van der Waals surface area contributed by atoms with Crippen molar-refractivity contribution in [1.29, 1.82) is 0 Å². The predicted octanol–water partition coefficient (Wildman–Crippen LogP) is 2.72. The molecule has 0 aliphatic carbocycles. The van der Waals surface area contributed by atoms with E-state index in [1.54, 1.807) is 19.1 Å². The molecular weight excluding hydrogens is 242 g/mol. The predicted molar refractivity (Wildman–Crippen MR) is 67.0 cm³/mol. The highest BCUT2D eigenvalue weighted by atomic mass is 35.5. The molecule has 2 atom stereocenters. The Hall–Kier alpha value is -1.55. The number of carboxylic acid groups (broad SMARTS) is 1. The SMILES string of the molecule is C=CC(=CC(=C)Cl)C1=NOC(C)C1CC(=O)O. The van der Waals surface area contributed by atoms with Crippen LogP contribution in [0, 0.1) is 5.92 Å². The third-order valence-electron chi connectivity index (χ3n) is 2.46. The van der Waals surface area contributed by atoms with Crippen LogP contribution in [0.2, 0.25) is 0 Å². The largest absolute Gasteiger partial charge is 0.481 e. The van der Waals surface area contributed by atoms with Gasteiger partial charge in [-0.05, 0) is 13.0 Å². The minimum Gasteiger partial charge on any atom is -0.481 e. The number of carboxylic acids is 1. The second-order valence-electron chi connectivity index (χ2n) is 3.74. The fraction of sp³-hybridized carbons (Fsp3) is 0.333. The molecule has 1 heterocycles. The van der Waals surface area contributed by atoms with Crippen LogP contribution in [0.25, 0.3) is 0 Å². The van der Waals surface area contributed by atoms with Gasteiger partial charge in [-0.15, -0.1) is 0 Å². The molecule has 0 aromatic carbocycles. The van der Waals surface area contributed by atoms with Gasteiger partial charge in [0, 0.05) is 10.6 Å². The number of aliphatic carboxylic acids is 1. The molecule has 0 saturated carbocycles. The Morgan fingerprint density at radius 1 is 1.71 bits per heavy atom. The van der Waals surface area contributed by atoms with Crippen LogP contribution >= 0.6 is 11.6 Å². The van der Waals surface area contributed by atoms with E-state index < -0.39 is 5.97 Å². The van der Waals surface area contributed by atoms with E-state index in [-0.39, 0.29) is 18.4 Å². The fourth-order valence-electron chi connectivity index (χ4n) is 1.63. The number of allylic oxidation sites excluding steroid dienone is 4. The standard InChI is InChI=1S/C12H14ClNO3/c1-4-9(5-7(2)13)12-10(6-11(15)16)8(3)17-14-12/h4-5,8,10H,1-2,6H2,3H3,(H,15,16). The number of carbonyl (C=O) groups is 1. The maximum Gasteiger partial charge on any atom is 0.304 e. The number of hydrogen-bond acceptors (Lipinski definition) is 3. The molecule has 0 amide bonds. The molecule has 0 bridgehead atoms. The lowest BCUT2D eigenvalue weighted by Gasteiger charge is -2.13. The third kappa shape index (κ3) is 3.46. The van der Waals surface area contributed by atoms with Crippen molar-refractivity contribution in [3.8, 4) is 0 Å². The summed E-state index contributed by atoms with van der Waals surface area (Å²) in [6, 6.07) is 0. The zero-order valence-corrected chi connectivity index (χ0v) is 10.3. The number of nitrogens with zero attached hydrogens (tertiary/aromatic N) is 1. The van der Waals surface area contributed by atoms with Crippen LogP contribution in [-0.2, 0) is 9.63 Å². The lowest BCUT2D eigenvalue weighted by Crippen LogP contribution is -2.24. The maximum atomic E-state index is 10.8. The zero-order valence-electron chi connectivity index (χ0n) is 9.52. The summed E-state index contributed by atoms with van der Waals surface area (Å²) < 4.78 is 0. The van der Waals surface area contributed by atoms with Crippen LogP contribution in [0.1, 0.15) is 13.3 Å². The molecule has 4 nitrogen and oxygen atoms in total. The quantitative estimate of drug-likeness (QED) is 0.769. The van der Waals surface area contributed by atoms with E-state index in [0.29, 0.717) is 16.3 Å². The average Bonchev–Trinajstić information content (AvgIpc) is 2.56. The molecule has 0 radical (unpaired) electrons. The van der Waals surface area contributed by atoms with Crippen molar-refractivity contribution in [1.82, 2.24) is 0 Å². The van der Waals surface area contributed by atoms with Gasteiger partial charge in [0.15, 0.2) is 0 Å². The van der Waals surface area contributed by atoms with E-state index in [2.05, 4.69) is 18.3 Å². The monoisotopic (exact) mass is 255 g/mol. The topological polar surface area (TPSA) is 58.9 Å². The Bertz CT molecular complexity index is 412. The number of rotatable bonds is 5. The molecular formula is C12H14ClNO3. The molecule has 17 heavy (non-hydrogen) atoms. The molecule has 1 N–H and O–H groups in total.